The summed E-state index contributed by atoms with van der Waals surface area (Å²) >= 11 is 0. The molecule has 4 nitrogen and oxygen atoms in total. The maximum atomic E-state index is 15.0. The van der Waals surface area contributed by atoms with Crippen molar-refractivity contribution in [3.8, 4) is 11.5 Å². The molecule has 0 aliphatic heterocycles. The molecule has 0 radical (unpaired) electrons. The summed E-state index contributed by atoms with van der Waals surface area (Å²) in [6.07, 6.45) is -11.2. The molecule has 0 N–H and O–H groups in total. The van der Waals surface area contributed by atoms with E-state index in [0.29, 0.717) is 67.1 Å². The zero-order chi connectivity index (χ0) is 38.1. The molecular formula is C36H36F10O4. The lowest BCUT2D eigenvalue weighted by Crippen LogP contribution is -2.54. The van der Waals surface area contributed by atoms with E-state index in [1.807, 2.05) is 0 Å². The van der Waals surface area contributed by atoms with Gasteiger partial charge in [-0.05, 0) is 68.5 Å². The molecule has 0 aliphatic carbocycles. The van der Waals surface area contributed by atoms with Gasteiger partial charge in [0.2, 0.25) is 11.2 Å². The molecule has 0 amide bonds. The van der Waals surface area contributed by atoms with Crippen LogP contribution in [0, 0.1) is 5.41 Å². The van der Waals surface area contributed by atoms with Crippen molar-refractivity contribution in [3.05, 3.63) is 95.1 Å². The van der Waals surface area contributed by atoms with Crippen molar-refractivity contribution in [1.82, 2.24) is 0 Å². The number of carbonyl (C=O) groups excluding carboxylic acids is 2. The predicted molar refractivity (Wildman–Crippen MR) is 164 cm³/mol. The first kappa shape index (κ1) is 40.3. The highest BCUT2D eigenvalue weighted by Gasteiger charge is 2.72. The fraction of sp³-hybridized carbons (Fsp3) is 0.444. The SMILES string of the molecule is CCC(C)(C)Oc1ccc(C(c2ccc(OC(=O)C(F)(F)c3ccc(C(F)(F)C(=O)C(C)(CC)CC)cc3)cc2)(C(F)(F)F)C(F)(F)F)cc1. The van der Waals surface area contributed by atoms with Crippen molar-refractivity contribution in [2.45, 2.75) is 96.0 Å². The van der Waals surface area contributed by atoms with Crippen LogP contribution >= 0.6 is 0 Å². The van der Waals surface area contributed by atoms with E-state index < -0.39 is 80.4 Å². The zero-order valence-electron chi connectivity index (χ0n) is 28.0. The molecule has 0 aromatic heterocycles. The fourth-order valence-electron chi connectivity index (χ4n) is 5.18. The van der Waals surface area contributed by atoms with Crippen LogP contribution < -0.4 is 9.47 Å². The second-order valence-electron chi connectivity index (χ2n) is 12.7. The topological polar surface area (TPSA) is 52.6 Å². The lowest BCUT2D eigenvalue weighted by atomic mass is 9.73. The maximum Gasteiger partial charge on any atom is 0.411 e. The third-order valence-corrected chi connectivity index (χ3v) is 9.14. The number of ketones is 1. The van der Waals surface area contributed by atoms with Crippen molar-refractivity contribution >= 4 is 11.8 Å². The Bertz CT molecular complexity index is 1620. The number of Topliss-reactive ketones (excluding diaryl/α,β-unsaturated/α-hetero) is 1. The lowest BCUT2D eigenvalue weighted by Gasteiger charge is -2.38. The molecule has 0 heterocycles. The van der Waals surface area contributed by atoms with E-state index in [1.165, 1.54) is 6.92 Å². The molecule has 0 bridgehead atoms. The van der Waals surface area contributed by atoms with Gasteiger partial charge in [-0.3, -0.25) is 4.79 Å². The summed E-state index contributed by atoms with van der Waals surface area (Å²) in [6, 6.07) is 6.92. The second kappa shape index (κ2) is 13.9. The minimum absolute atomic E-state index is 0.0230. The normalized spacial score (nSPS) is 13.6. The number of hydrogen-bond donors (Lipinski definition) is 0. The van der Waals surface area contributed by atoms with Gasteiger partial charge in [-0.15, -0.1) is 0 Å². The average Bonchev–Trinajstić information content (AvgIpc) is 3.04. The number of alkyl halides is 10. The van der Waals surface area contributed by atoms with Gasteiger partial charge in [0.25, 0.3) is 0 Å². The highest BCUT2D eigenvalue weighted by molar-refractivity contribution is 5.91. The summed E-state index contributed by atoms with van der Waals surface area (Å²) in [6.45, 7) is 9.58. The van der Waals surface area contributed by atoms with E-state index in [2.05, 4.69) is 4.74 Å². The zero-order valence-corrected chi connectivity index (χ0v) is 28.0. The minimum atomic E-state index is -5.96. The van der Waals surface area contributed by atoms with Crippen LogP contribution in [0.15, 0.2) is 72.8 Å². The standard InChI is InChI=1S/C36H36F10O4/c1-7-30(4,5)50-27-20-16-23(17-21-27)32(35(41,42)43,36(44,45)46)22-14-18-26(19-15-22)49-29(48)34(39,40)25-12-10-24(11-13-25)33(37,38)28(47)31(6,8-2)9-3/h10-21H,7-9H2,1-6H3. The molecule has 3 aromatic rings. The van der Waals surface area contributed by atoms with Gasteiger partial charge in [0.05, 0.1) is 0 Å². The number of ether oxygens (including phenoxy) is 2. The summed E-state index contributed by atoms with van der Waals surface area (Å²) in [4.78, 5) is 25.0. The molecule has 0 saturated carbocycles. The Hall–Kier alpha value is -4.10. The Morgan fingerprint density at radius 1 is 0.520 bits per heavy atom. The van der Waals surface area contributed by atoms with Crippen LogP contribution in [-0.4, -0.2) is 29.7 Å². The number of hydrogen-bond acceptors (Lipinski definition) is 4. The molecule has 0 fully saturated rings. The van der Waals surface area contributed by atoms with Crippen molar-refractivity contribution in [2.75, 3.05) is 0 Å². The van der Waals surface area contributed by atoms with Crippen LogP contribution in [0.3, 0.4) is 0 Å². The molecule has 3 rings (SSSR count). The van der Waals surface area contributed by atoms with Crippen LogP contribution in [0.4, 0.5) is 43.9 Å². The average molecular weight is 723 g/mol. The van der Waals surface area contributed by atoms with E-state index in [0.717, 1.165) is 12.1 Å². The first-order valence-electron chi connectivity index (χ1n) is 15.5. The molecule has 14 heteroatoms. The van der Waals surface area contributed by atoms with Gasteiger partial charge in [-0.2, -0.15) is 43.9 Å². The number of rotatable bonds is 13. The van der Waals surface area contributed by atoms with Crippen molar-refractivity contribution < 1.29 is 63.0 Å². The van der Waals surface area contributed by atoms with E-state index in [-0.39, 0.29) is 18.6 Å². The highest BCUT2D eigenvalue weighted by atomic mass is 19.4. The third kappa shape index (κ3) is 7.48. The molecule has 0 aliphatic rings. The second-order valence-corrected chi connectivity index (χ2v) is 12.7. The van der Waals surface area contributed by atoms with Gasteiger partial charge < -0.3 is 9.47 Å². The minimum Gasteiger partial charge on any atom is -0.488 e. The maximum absolute atomic E-state index is 15.0. The van der Waals surface area contributed by atoms with Gasteiger partial charge in [-0.25, -0.2) is 4.79 Å². The van der Waals surface area contributed by atoms with Crippen LogP contribution in [0.25, 0.3) is 0 Å². The Labute approximate surface area is 282 Å². The number of halogens is 10. The molecule has 0 atom stereocenters. The highest BCUT2D eigenvalue weighted by Crippen LogP contribution is 2.56. The quantitative estimate of drug-likeness (QED) is 0.100. The Balaban J connectivity index is 1.93. The van der Waals surface area contributed by atoms with Crippen molar-refractivity contribution in [3.63, 3.8) is 0 Å². The van der Waals surface area contributed by atoms with E-state index in [9.17, 15) is 44.7 Å². The lowest BCUT2D eigenvalue weighted by molar-refractivity contribution is -0.288. The van der Waals surface area contributed by atoms with Crippen LogP contribution in [0.5, 0.6) is 11.5 Å². The monoisotopic (exact) mass is 722 g/mol. The summed E-state index contributed by atoms with van der Waals surface area (Å²) in [7, 11) is 0. The smallest absolute Gasteiger partial charge is 0.411 e. The molecule has 0 saturated heterocycles. The van der Waals surface area contributed by atoms with Crippen molar-refractivity contribution in [2.24, 2.45) is 5.41 Å². The van der Waals surface area contributed by atoms with Crippen LogP contribution in [0.1, 0.15) is 83.1 Å². The third-order valence-electron chi connectivity index (χ3n) is 9.14. The van der Waals surface area contributed by atoms with Gasteiger partial charge in [0.15, 0.2) is 0 Å². The number of benzene rings is 3. The van der Waals surface area contributed by atoms with Crippen LogP contribution in [-0.2, 0) is 26.8 Å². The molecule has 50 heavy (non-hydrogen) atoms. The summed E-state index contributed by atoms with van der Waals surface area (Å²) < 4.78 is 158. The largest absolute Gasteiger partial charge is 0.488 e. The molecule has 274 valence electrons. The van der Waals surface area contributed by atoms with E-state index in [4.69, 9.17) is 4.74 Å². The van der Waals surface area contributed by atoms with Gasteiger partial charge in [-0.1, -0.05) is 76.2 Å². The van der Waals surface area contributed by atoms with E-state index >= 15 is 8.78 Å². The Kier molecular flexibility index (Phi) is 11.2. The Morgan fingerprint density at radius 2 is 0.880 bits per heavy atom. The molecular weight excluding hydrogens is 686 g/mol. The predicted octanol–water partition coefficient (Wildman–Crippen LogP) is 10.8. The fourth-order valence-corrected chi connectivity index (χ4v) is 5.18. The van der Waals surface area contributed by atoms with Crippen molar-refractivity contribution in [1.29, 1.82) is 0 Å². The molecule has 0 unspecified atom stereocenters. The molecule has 3 aromatic carbocycles. The Morgan fingerprint density at radius 3 is 1.24 bits per heavy atom. The first-order valence-corrected chi connectivity index (χ1v) is 15.5. The van der Waals surface area contributed by atoms with Gasteiger partial charge in [0, 0.05) is 16.5 Å². The van der Waals surface area contributed by atoms with Gasteiger partial charge >= 0.3 is 30.2 Å². The van der Waals surface area contributed by atoms with Gasteiger partial charge in [0.1, 0.15) is 17.1 Å². The number of esters is 1. The summed E-state index contributed by atoms with van der Waals surface area (Å²) in [5.74, 6) is -13.1. The molecule has 0 spiro atoms. The first-order chi connectivity index (χ1) is 22.8. The summed E-state index contributed by atoms with van der Waals surface area (Å²) in [5.41, 5.74) is -11.3. The number of carbonyl (C=O) groups is 2. The summed E-state index contributed by atoms with van der Waals surface area (Å²) in [5, 5.41) is 0. The van der Waals surface area contributed by atoms with Crippen LogP contribution in [0.2, 0.25) is 0 Å². The van der Waals surface area contributed by atoms with E-state index in [1.54, 1.807) is 34.6 Å².